The third-order valence-corrected chi connectivity index (χ3v) is 8.72. The summed E-state index contributed by atoms with van der Waals surface area (Å²) in [5.74, 6) is -0.527. The largest absolute Gasteiger partial charge is 0.495 e. The number of carbonyl (C=O) groups is 2. The Bertz CT molecular complexity index is 1250. The normalized spacial score (nSPS) is 14.7. The second-order valence-electron chi connectivity index (χ2n) is 9.22. The Morgan fingerprint density at radius 2 is 1.71 bits per heavy atom. The molecule has 1 aliphatic rings. The summed E-state index contributed by atoms with van der Waals surface area (Å²) >= 11 is 19.1. The van der Waals surface area contributed by atoms with Crippen LogP contribution >= 0.6 is 34.8 Å². The molecule has 2 aromatic carbocycles. The zero-order valence-electron chi connectivity index (χ0n) is 21.5. The fraction of sp³-hybridized carbons (Fsp3) is 0.462. The summed E-state index contributed by atoms with van der Waals surface area (Å²) < 4.78 is 31.7. The summed E-state index contributed by atoms with van der Waals surface area (Å²) in [5, 5.41) is 3.91. The van der Waals surface area contributed by atoms with Gasteiger partial charge in [0.05, 0.1) is 24.1 Å². The van der Waals surface area contributed by atoms with Gasteiger partial charge in [0, 0.05) is 28.2 Å². The van der Waals surface area contributed by atoms with Crippen LogP contribution in [0.1, 0.15) is 44.6 Å². The quantitative estimate of drug-likeness (QED) is 0.376. The molecule has 208 valence electrons. The third-order valence-electron chi connectivity index (χ3n) is 6.58. The highest BCUT2D eigenvalue weighted by Gasteiger charge is 2.33. The summed E-state index contributed by atoms with van der Waals surface area (Å²) in [7, 11) is -2.47. The molecule has 1 fully saturated rings. The highest BCUT2D eigenvalue weighted by atomic mass is 35.5. The van der Waals surface area contributed by atoms with Crippen molar-refractivity contribution in [1.29, 1.82) is 0 Å². The maximum Gasteiger partial charge on any atom is 0.244 e. The number of methoxy groups -OCH3 is 1. The van der Waals surface area contributed by atoms with Crippen molar-refractivity contribution in [1.82, 2.24) is 10.2 Å². The molecule has 1 N–H and O–H groups in total. The van der Waals surface area contributed by atoms with E-state index in [0.717, 1.165) is 36.2 Å². The molecule has 1 unspecified atom stereocenters. The SMILES string of the molecule is CCC(C(=O)NC1CCCC1)N(Cc1c(Cl)cccc1Cl)C(=O)CN(c1ccc(OC)c(Cl)c1)S(C)(=O)=O. The smallest absolute Gasteiger partial charge is 0.244 e. The van der Waals surface area contributed by atoms with E-state index in [4.69, 9.17) is 39.5 Å². The Hall–Kier alpha value is -2.20. The van der Waals surface area contributed by atoms with Crippen LogP contribution in [-0.4, -0.2) is 57.1 Å². The fourth-order valence-electron chi connectivity index (χ4n) is 4.56. The van der Waals surface area contributed by atoms with Gasteiger partial charge in [-0.1, -0.05) is 60.6 Å². The van der Waals surface area contributed by atoms with Gasteiger partial charge in [0.25, 0.3) is 0 Å². The molecule has 0 saturated heterocycles. The number of anilines is 1. The van der Waals surface area contributed by atoms with Gasteiger partial charge in [-0.05, 0) is 49.6 Å². The number of amides is 2. The van der Waals surface area contributed by atoms with Crippen LogP contribution in [0.2, 0.25) is 15.1 Å². The molecule has 0 spiro atoms. The third kappa shape index (κ3) is 7.46. The van der Waals surface area contributed by atoms with Crippen LogP contribution in [0.3, 0.4) is 0 Å². The van der Waals surface area contributed by atoms with Crippen LogP contribution in [0.15, 0.2) is 36.4 Å². The van der Waals surface area contributed by atoms with Crippen molar-refractivity contribution in [3.8, 4) is 5.75 Å². The van der Waals surface area contributed by atoms with E-state index in [1.54, 1.807) is 25.1 Å². The highest BCUT2D eigenvalue weighted by Crippen LogP contribution is 2.31. The second-order valence-corrected chi connectivity index (χ2v) is 12.4. The topological polar surface area (TPSA) is 96.0 Å². The molecule has 2 aromatic rings. The van der Waals surface area contributed by atoms with Gasteiger partial charge in [-0.25, -0.2) is 8.42 Å². The van der Waals surface area contributed by atoms with Gasteiger partial charge in [0.1, 0.15) is 18.3 Å². The van der Waals surface area contributed by atoms with E-state index < -0.39 is 28.5 Å². The number of halogens is 3. The van der Waals surface area contributed by atoms with E-state index in [1.807, 2.05) is 0 Å². The second kappa shape index (κ2) is 13.2. The Labute approximate surface area is 239 Å². The molecule has 0 radical (unpaired) electrons. The van der Waals surface area contributed by atoms with Crippen molar-refractivity contribution >= 4 is 62.3 Å². The van der Waals surface area contributed by atoms with Crippen molar-refractivity contribution in [2.45, 2.75) is 57.7 Å². The summed E-state index contributed by atoms with van der Waals surface area (Å²) in [6, 6.07) is 8.59. The molecular formula is C26H32Cl3N3O5S. The number of ether oxygens (including phenoxy) is 1. The van der Waals surface area contributed by atoms with Crippen molar-refractivity contribution in [3.63, 3.8) is 0 Å². The predicted octanol–water partition coefficient (Wildman–Crippen LogP) is 5.29. The zero-order chi connectivity index (χ0) is 28.0. The van der Waals surface area contributed by atoms with E-state index in [0.29, 0.717) is 27.8 Å². The van der Waals surface area contributed by atoms with Gasteiger partial charge in [-0.2, -0.15) is 0 Å². The molecule has 12 heteroatoms. The molecule has 0 heterocycles. The van der Waals surface area contributed by atoms with Crippen molar-refractivity contribution < 1.29 is 22.7 Å². The summed E-state index contributed by atoms with van der Waals surface area (Å²) in [4.78, 5) is 28.6. The average Bonchev–Trinajstić information content (AvgIpc) is 3.36. The Balaban J connectivity index is 1.98. The first-order chi connectivity index (χ1) is 18.0. The number of nitrogens with zero attached hydrogens (tertiary/aromatic N) is 2. The van der Waals surface area contributed by atoms with E-state index in [-0.39, 0.29) is 29.2 Å². The van der Waals surface area contributed by atoms with E-state index in [2.05, 4.69) is 5.32 Å². The summed E-state index contributed by atoms with van der Waals surface area (Å²) in [6.07, 6.45) is 5.14. The fourth-order valence-corrected chi connectivity index (χ4v) is 6.18. The lowest BCUT2D eigenvalue weighted by atomic mass is 10.1. The molecule has 0 bridgehead atoms. The predicted molar refractivity (Wildman–Crippen MR) is 152 cm³/mol. The van der Waals surface area contributed by atoms with E-state index in [1.165, 1.54) is 30.2 Å². The number of benzene rings is 2. The number of rotatable bonds is 11. The van der Waals surface area contributed by atoms with Crippen molar-refractivity contribution in [2.24, 2.45) is 0 Å². The summed E-state index contributed by atoms with van der Waals surface area (Å²) in [6.45, 7) is 1.16. The lowest BCUT2D eigenvalue weighted by Gasteiger charge is -2.33. The lowest BCUT2D eigenvalue weighted by molar-refractivity contribution is -0.140. The van der Waals surface area contributed by atoms with Gasteiger partial charge in [-0.15, -0.1) is 0 Å². The number of carbonyl (C=O) groups excluding carboxylic acids is 2. The molecule has 38 heavy (non-hydrogen) atoms. The molecule has 3 rings (SSSR count). The van der Waals surface area contributed by atoms with Crippen molar-refractivity contribution in [2.75, 3.05) is 24.2 Å². The Morgan fingerprint density at radius 3 is 2.24 bits per heavy atom. The standard InChI is InChI=1S/C26H32Cl3N3O5S/c1-4-23(26(34)30-17-8-5-6-9-17)31(15-19-20(27)10-7-11-21(19)28)25(33)16-32(38(3,35)36)18-12-13-24(37-2)22(29)14-18/h7,10-14,17,23H,4-6,8-9,15-16H2,1-3H3,(H,30,34). The van der Waals surface area contributed by atoms with Gasteiger partial charge >= 0.3 is 0 Å². The molecule has 0 aromatic heterocycles. The number of nitrogens with one attached hydrogen (secondary N) is 1. The Morgan fingerprint density at radius 1 is 1.08 bits per heavy atom. The van der Waals surface area contributed by atoms with Crippen molar-refractivity contribution in [3.05, 3.63) is 57.0 Å². The highest BCUT2D eigenvalue weighted by molar-refractivity contribution is 7.92. The minimum absolute atomic E-state index is 0.0476. The van der Waals surface area contributed by atoms with Gasteiger partial charge in [0.2, 0.25) is 21.8 Å². The number of sulfonamides is 1. The average molecular weight is 605 g/mol. The molecule has 8 nitrogen and oxygen atoms in total. The molecule has 2 amide bonds. The summed E-state index contributed by atoms with van der Waals surface area (Å²) in [5.41, 5.74) is 0.653. The maximum absolute atomic E-state index is 13.8. The molecule has 1 atom stereocenters. The minimum Gasteiger partial charge on any atom is -0.495 e. The lowest BCUT2D eigenvalue weighted by Crippen LogP contribution is -2.53. The first-order valence-corrected chi connectivity index (χ1v) is 15.3. The van der Waals surface area contributed by atoms with Crippen LogP contribution < -0.4 is 14.4 Å². The maximum atomic E-state index is 13.8. The van der Waals surface area contributed by atoms with Crippen LogP contribution in [0.5, 0.6) is 5.75 Å². The first-order valence-electron chi connectivity index (χ1n) is 12.3. The molecule has 1 saturated carbocycles. The van der Waals surface area contributed by atoms with Crippen LogP contribution in [0.25, 0.3) is 0 Å². The first kappa shape index (κ1) is 30.3. The van der Waals surface area contributed by atoms with E-state index in [9.17, 15) is 18.0 Å². The van der Waals surface area contributed by atoms with Crippen LogP contribution in [0.4, 0.5) is 5.69 Å². The molecule has 1 aliphatic carbocycles. The number of hydrogen-bond donors (Lipinski definition) is 1. The number of hydrogen-bond acceptors (Lipinski definition) is 5. The van der Waals surface area contributed by atoms with Gasteiger partial charge in [0.15, 0.2) is 0 Å². The van der Waals surface area contributed by atoms with Crippen LogP contribution in [-0.2, 0) is 26.2 Å². The van der Waals surface area contributed by atoms with E-state index >= 15 is 0 Å². The van der Waals surface area contributed by atoms with Gasteiger partial charge in [-0.3, -0.25) is 13.9 Å². The Kier molecular flexibility index (Phi) is 10.6. The molecular weight excluding hydrogens is 573 g/mol. The molecule has 0 aliphatic heterocycles. The van der Waals surface area contributed by atoms with Crippen LogP contribution in [0, 0.1) is 0 Å². The monoisotopic (exact) mass is 603 g/mol. The van der Waals surface area contributed by atoms with Gasteiger partial charge < -0.3 is 15.0 Å². The minimum atomic E-state index is -3.91. The zero-order valence-corrected chi connectivity index (χ0v) is 24.6.